The molecule has 1 rings (SSSR count). The van der Waals surface area contributed by atoms with Crippen molar-refractivity contribution in [2.24, 2.45) is 0 Å². The largest absolute Gasteiger partial charge is 0.239 e. The molecule has 0 saturated heterocycles. The number of allylic oxidation sites excluding steroid dienone is 3. The zero-order chi connectivity index (χ0) is 8.65. The molecular weight excluding hydrogens is 139 g/mol. The van der Waals surface area contributed by atoms with Gasteiger partial charge >= 0.3 is 0 Å². The van der Waals surface area contributed by atoms with E-state index in [1.165, 1.54) is 0 Å². The highest BCUT2D eigenvalue weighted by molar-refractivity contribution is 5.49. The maximum absolute atomic E-state index is 13.5. The van der Waals surface area contributed by atoms with Gasteiger partial charge in [-0.25, -0.2) is 4.39 Å². The summed E-state index contributed by atoms with van der Waals surface area (Å²) in [6.07, 6.45) is 1.19. The quantitative estimate of drug-likeness (QED) is 0.500. The molecule has 1 heteroatoms. The van der Waals surface area contributed by atoms with Crippen molar-refractivity contribution in [1.29, 1.82) is 0 Å². The Morgan fingerprint density at radius 1 is 1.36 bits per heavy atom. The fourth-order valence-corrected chi connectivity index (χ4v) is 1.22. The molecule has 11 heavy (non-hydrogen) atoms. The minimum atomic E-state index is -1.27. The van der Waals surface area contributed by atoms with E-state index < -0.39 is 5.67 Å². The van der Waals surface area contributed by atoms with E-state index in [0.717, 1.165) is 5.57 Å². The van der Waals surface area contributed by atoms with Gasteiger partial charge in [0.2, 0.25) is 0 Å². The van der Waals surface area contributed by atoms with Crippen molar-refractivity contribution in [2.45, 2.75) is 25.4 Å². The van der Waals surface area contributed by atoms with Crippen molar-refractivity contribution in [1.82, 2.24) is 0 Å². The molecule has 0 N–H and O–H groups in total. The van der Waals surface area contributed by atoms with Crippen LogP contribution in [0.3, 0.4) is 0 Å². The molecule has 0 heterocycles. The van der Waals surface area contributed by atoms with E-state index in [0.29, 0.717) is 24.0 Å². The molecule has 0 spiro atoms. The van der Waals surface area contributed by atoms with Crippen LogP contribution in [0.15, 0.2) is 36.5 Å². The molecule has 0 nitrogen and oxygen atoms in total. The van der Waals surface area contributed by atoms with Crippen molar-refractivity contribution in [2.75, 3.05) is 0 Å². The van der Waals surface area contributed by atoms with E-state index in [9.17, 15) is 4.39 Å². The van der Waals surface area contributed by atoms with Crippen molar-refractivity contribution in [3.63, 3.8) is 0 Å². The second-order valence-electron chi connectivity index (χ2n) is 3.26. The van der Waals surface area contributed by atoms with Crippen molar-refractivity contribution in [3.05, 3.63) is 36.5 Å². The minimum Gasteiger partial charge on any atom is -0.239 e. The van der Waals surface area contributed by atoms with E-state index in [-0.39, 0.29) is 0 Å². The van der Waals surface area contributed by atoms with Crippen LogP contribution in [0, 0.1) is 0 Å². The number of rotatable bonds is 0. The van der Waals surface area contributed by atoms with Crippen LogP contribution in [0.4, 0.5) is 4.39 Å². The fourth-order valence-electron chi connectivity index (χ4n) is 1.22. The van der Waals surface area contributed by atoms with Crippen LogP contribution in [-0.4, -0.2) is 5.67 Å². The summed E-state index contributed by atoms with van der Waals surface area (Å²) in [7, 11) is 0. The summed E-state index contributed by atoms with van der Waals surface area (Å²) in [6.45, 7) is 12.7. The number of hydrogen-bond donors (Lipinski definition) is 0. The van der Waals surface area contributed by atoms with Gasteiger partial charge < -0.3 is 0 Å². The van der Waals surface area contributed by atoms with Gasteiger partial charge in [0, 0.05) is 0 Å². The standard InChI is InChI=1S/C10H13F/c1-7-5-6-10(4,11)9(3)8(7)2/h1-3,5-6H2,4H3. The third kappa shape index (κ3) is 1.28. The first-order chi connectivity index (χ1) is 4.95. The average molecular weight is 152 g/mol. The van der Waals surface area contributed by atoms with Crippen molar-refractivity contribution in [3.8, 4) is 0 Å². The van der Waals surface area contributed by atoms with E-state index in [1.54, 1.807) is 6.92 Å². The van der Waals surface area contributed by atoms with Gasteiger partial charge in [-0.3, -0.25) is 0 Å². The highest BCUT2D eigenvalue weighted by Gasteiger charge is 2.33. The lowest BCUT2D eigenvalue weighted by Crippen LogP contribution is -2.26. The van der Waals surface area contributed by atoms with Crippen LogP contribution >= 0.6 is 0 Å². The molecule has 0 bridgehead atoms. The van der Waals surface area contributed by atoms with Gasteiger partial charge in [0.25, 0.3) is 0 Å². The second kappa shape index (κ2) is 2.33. The predicted octanol–water partition coefficient (Wildman–Crippen LogP) is 3.18. The van der Waals surface area contributed by atoms with E-state index in [4.69, 9.17) is 0 Å². The van der Waals surface area contributed by atoms with Crippen molar-refractivity contribution < 1.29 is 4.39 Å². The van der Waals surface area contributed by atoms with Crippen molar-refractivity contribution >= 4 is 0 Å². The molecule has 60 valence electrons. The summed E-state index contributed by atoms with van der Waals surface area (Å²) in [6, 6.07) is 0. The van der Waals surface area contributed by atoms with Crippen LogP contribution in [0.5, 0.6) is 0 Å². The topological polar surface area (TPSA) is 0 Å². The Kier molecular flexibility index (Phi) is 1.75. The summed E-state index contributed by atoms with van der Waals surface area (Å²) in [5.41, 5.74) is 0.846. The molecule has 0 aromatic rings. The lowest BCUT2D eigenvalue weighted by atomic mass is 9.79. The SMILES string of the molecule is C=C1CCC(C)(F)C(=C)C1=C. The predicted molar refractivity (Wildman–Crippen MR) is 46.2 cm³/mol. The second-order valence-corrected chi connectivity index (χ2v) is 3.26. The first kappa shape index (κ1) is 8.25. The Bertz CT molecular complexity index is 233. The van der Waals surface area contributed by atoms with Gasteiger partial charge in [0.15, 0.2) is 0 Å². The Hall–Kier alpha value is -0.850. The molecule has 0 amide bonds. The molecule has 1 unspecified atom stereocenters. The lowest BCUT2D eigenvalue weighted by Gasteiger charge is -2.30. The summed E-state index contributed by atoms with van der Waals surface area (Å²) in [4.78, 5) is 0. The minimum absolute atomic E-state index is 0.490. The Morgan fingerprint density at radius 3 is 2.36 bits per heavy atom. The number of alkyl halides is 1. The highest BCUT2D eigenvalue weighted by atomic mass is 19.1. The first-order valence-electron chi connectivity index (χ1n) is 3.71. The Morgan fingerprint density at radius 2 is 1.91 bits per heavy atom. The monoisotopic (exact) mass is 152 g/mol. The van der Waals surface area contributed by atoms with Crippen LogP contribution in [0.2, 0.25) is 0 Å². The van der Waals surface area contributed by atoms with E-state index in [2.05, 4.69) is 19.7 Å². The lowest BCUT2D eigenvalue weighted by molar-refractivity contribution is 0.220. The molecule has 1 saturated carbocycles. The van der Waals surface area contributed by atoms with Crippen LogP contribution < -0.4 is 0 Å². The molecule has 0 aromatic heterocycles. The van der Waals surface area contributed by atoms with Gasteiger partial charge in [0.1, 0.15) is 5.67 Å². The maximum Gasteiger partial charge on any atom is 0.133 e. The van der Waals surface area contributed by atoms with Crippen LogP contribution in [0.1, 0.15) is 19.8 Å². The number of halogens is 1. The van der Waals surface area contributed by atoms with Crippen LogP contribution in [-0.2, 0) is 0 Å². The average Bonchev–Trinajstić information content (AvgIpc) is 1.95. The van der Waals surface area contributed by atoms with Gasteiger partial charge in [-0.05, 0) is 36.5 Å². The smallest absolute Gasteiger partial charge is 0.133 e. The van der Waals surface area contributed by atoms with Gasteiger partial charge in [-0.2, -0.15) is 0 Å². The summed E-state index contributed by atoms with van der Waals surface area (Å²) in [5.74, 6) is 0. The molecule has 1 fully saturated rings. The molecule has 0 aromatic carbocycles. The molecule has 0 radical (unpaired) electrons. The van der Waals surface area contributed by atoms with Gasteiger partial charge in [-0.1, -0.05) is 19.7 Å². The first-order valence-corrected chi connectivity index (χ1v) is 3.71. The summed E-state index contributed by atoms with van der Waals surface area (Å²) >= 11 is 0. The van der Waals surface area contributed by atoms with Crippen LogP contribution in [0.25, 0.3) is 0 Å². The third-order valence-corrected chi connectivity index (χ3v) is 2.32. The normalized spacial score (nSPS) is 32.7. The molecule has 1 aliphatic rings. The zero-order valence-electron chi connectivity index (χ0n) is 6.91. The highest BCUT2D eigenvalue weighted by Crippen LogP contribution is 2.39. The summed E-state index contributed by atoms with van der Waals surface area (Å²) in [5, 5.41) is 0. The molecular formula is C10H13F. The zero-order valence-corrected chi connectivity index (χ0v) is 6.91. The molecule has 1 atom stereocenters. The van der Waals surface area contributed by atoms with E-state index in [1.807, 2.05) is 0 Å². The van der Waals surface area contributed by atoms with E-state index >= 15 is 0 Å². The molecule has 1 aliphatic carbocycles. The number of hydrogen-bond acceptors (Lipinski definition) is 0. The summed E-state index contributed by atoms with van der Waals surface area (Å²) < 4.78 is 13.5. The molecule has 0 aliphatic heterocycles. The van der Waals surface area contributed by atoms with Gasteiger partial charge in [-0.15, -0.1) is 0 Å². The fraction of sp³-hybridized carbons (Fsp3) is 0.400. The Balaban J connectivity index is 2.93. The maximum atomic E-state index is 13.5. The third-order valence-electron chi connectivity index (χ3n) is 2.32. The Labute approximate surface area is 67.1 Å². The van der Waals surface area contributed by atoms with Gasteiger partial charge in [0.05, 0.1) is 0 Å².